The molecule has 1 heterocycles. The maximum atomic E-state index is 3.40. The van der Waals surface area contributed by atoms with Gasteiger partial charge in [-0.05, 0) is 18.8 Å². The molecule has 1 aliphatic heterocycles. The normalized spacial score (nSPS) is 18.8. The highest BCUT2D eigenvalue weighted by molar-refractivity contribution is 4.79. The predicted molar refractivity (Wildman–Crippen MR) is 48.2 cm³/mol. The van der Waals surface area contributed by atoms with E-state index in [4.69, 9.17) is 0 Å². The quantitative estimate of drug-likeness (QED) is 0.633. The summed E-state index contributed by atoms with van der Waals surface area (Å²) in [6, 6.07) is 0. The van der Waals surface area contributed by atoms with Crippen LogP contribution in [-0.2, 0) is 0 Å². The van der Waals surface area contributed by atoms with Crippen molar-refractivity contribution in [2.75, 3.05) is 6.67 Å². The molecule has 0 saturated carbocycles. The fraction of sp³-hybridized carbons (Fsp3) is 1.00. The minimum atomic E-state index is 0.620. The lowest BCUT2D eigenvalue weighted by Crippen LogP contribution is -2.62. The van der Waals surface area contributed by atoms with E-state index in [1.165, 1.54) is 25.7 Å². The van der Waals surface area contributed by atoms with Crippen LogP contribution in [0, 0.1) is 5.92 Å². The van der Waals surface area contributed by atoms with Gasteiger partial charge in [0.15, 0.2) is 0 Å². The van der Waals surface area contributed by atoms with Crippen LogP contribution in [0.15, 0.2) is 0 Å². The van der Waals surface area contributed by atoms with Crippen molar-refractivity contribution in [2.45, 2.75) is 45.7 Å². The van der Waals surface area contributed by atoms with Crippen molar-refractivity contribution < 1.29 is 0 Å². The van der Waals surface area contributed by atoms with Crippen LogP contribution >= 0.6 is 0 Å². The molecule has 0 atom stereocenters. The number of hydrogen-bond donors (Lipinski definition) is 2. The second kappa shape index (κ2) is 4.73. The van der Waals surface area contributed by atoms with Gasteiger partial charge in [0.05, 0.1) is 6.17 Å². The average molecular weight is 156 g/mol. The van der Waals surface area contributed by atoms with Crippen LogP contribution in [0.2, 0.25) is 0 Å². The molecule has 66 valence electrons. The van der Waals surface area contributed by atoms with E-state index in [0.717, 1.165) is 12.6 Å². The summed E-state index contributed by atoms with van der Waals surface area (Å²) in [5.41, 5.74) is 0. The molecule has 0 aromatic carbocycles. The van der Waals surface area contributed by atoms with Crippen molar-refractivity contribution in [1.82, 2.24) is 10.6 Å². The van der Waals surface area contributed by atoms with Crippen LogP contribution in [0.25, 0.3) is 0 Å². The fourth-order valence-electron chi connectivity index (χ4n) is 1.77. The molecule has 0 amide bonds. The maximum Gasteiger partial charge on any atom is 0.0620 e. The summed E-state index contributed by atoms with van der Waals surface area (Å²) in [6.45, 7) is 5.54. The molecule has 1 fully saturated rings. The Balaban J connectivity index is 2.19. The van der Waals surface area contributed by atoms with Crippen molar-refractivity contribution >= 4 is 0 Å². The SMILES string of the molecule is CCCC(CCC)C1NCN1. The standard InChI is InChI=1S/C9H20N2/c1-3-5-8(6-4-2)9-10-7-11-9/h8-11H,3-7H2,1-2H3. The van der Waals surface area contributed by atoms with E-state index in [0.29, 0.717) is 6.17 Å². The van der Waals surface area contributed by atoms with Gasteiger partial charge in [-0.2, -0.15) is 0 Å². The first-order valence-corrected chi connectivity index (χ1v) is 4.85. The molecule has 0 radical (unpaired) electrons. The van der Waals surface area contributed by atoms with E-state index in [1.807, 2.05) is 0 Å². The summed E-state index contributed by atoms with van der Waals surface area (Å²) in [5, 5.41) is 6.81. The molecule has 1 rings (SSSR count). The molecule has 0 bridgehead atoms. The Morgan fingerprint density at radius 2 is 1.73 bits per heavy atom. The lowest BCUT2D eigenvalue weighted by molar-refractivity contribution is 0.188. The van der Waals surface area contributed by atoms with Gasteiger partial charge in [-0.1, -0.05) is 26.7 Å². The summed E-state index contributed by atoms with van der Waals surface area (Å²) in [4.78, 5) is 0. The number of hydrogen-bond acceptors (Lipinski definition) is 2. The van der Waals surface area contributed by atoms with Crippen LogP contribution < -0.4 is 10.6 Å². The van der Waals surface area contributed by atoms with Gasteiger partial charge in [0, 0.05) is 6.67 Å². The second-order valence-electron chi connectivity index (χ2n) is 3.40. The van der Waals surface area contributed by atoms with Crippen molar-refractivity contribution in [1.29, 1.82) is 0 Å². The minimum absolute atomic E-state index is 0.620. The van der Waals surface area contributed by atoms with Gasteiger partial charge in [-0.3, -0.25) is 10.6 Å². The van der Waals surface area contributed by atoms with Crippen LogP contribution in [0.5, 0.6) is 0 Å². The Bertz CT molecular complexity index is 93.7. The van der Waals surface area contributed by atoms with Gasteiger partial charge in [0.1, 0.15) is 0 Å². The molecule has 0 unspecified atom stereocenters. The van der Waals surface area contributed by atoms with Crippen molar-refractivity contribution in [3.05, 3.63) is 0 Å². The molecular formula is C9H20N2. The Morgan fingerprint density at radius 1 is 1.18 bits per heavy atom. The molecule has 2 nitrogen and oxygen atoms in total. The lowest BCUT2D eigenvalue weighted by Gasteiger charge is -2.36. The van der Waals surface area contributed by atoms with Crippen LogP contribution in [0.1, 0.15) is 39.5 Å². The van der Waals surface area contributed by atoms with Gasteiger partial charge in [-0.15, -0.1) is 0 Å². The molecule has 11 heavy (non-hydrogen) atoms. The molecule has 0 spiro atoms. The summed E-state index contributed by atoms with van der Waals surface area (Å²) in [5.74, 6) is 0.860. The summed E-state index contributed by atoms with van der Waals surface area (Å²) >= 11 is 0. The van der Waals surface area contributed by atoms with Gasteiger partial charge in [0.2, 0.25) is 0 Å². The Morgan fingerprint density at radius 3 is 2.00 bits per heavy atom. The van der Waals surface area contributed by atoms with Crippen molar-refractivity contribution in [2.24, 2.45) is 5.92 Å². The van der Waals surface area contributed by atoms with Crippen LogP contribution in [-0.4, -0.2) is 12.8 Å². The monoisotopic (exact) mass is 156 g/mol. The number of nitrogens with one attached hydrogen (secondary N) is 2. The van der Waals surface area contributed by atoms with Gasteiger partial charge in [0.25, 0.3) is 0 Å². The average Bonchev–Trinajstić information content (AvgIpc) is 1.85. The molecule has 1 aliphatic rings. The van der Waals surface area contributed by atoms with E-state index in [-0.39, 0.29) is 0 Å². The minimum Gasteiger partial charge on any atom is -0.289 e. The largest absolute Gasteiger partial charge is 0.289 e. The zero-order valence-electron chi connectivity index (χ0n) is 7.69. The highest BCUT2D eigenvalue weighted by Gasteiger charge is 2.23. The zero-order valence-corrected chi connectivity index (χ0v) is 7.69. The Kier molecular flexibility index (Phi) is 3.87. The van der Waals surface area contributed by atoms with Gasteiger partial charge < -0.3 is 0 Å². The highest BCUT2D eigenvalue weighted by Crippen LogP contribution is 2.18. The van der Waals surface area contributed by atoms with Gasteiger partial charge >= 0.3 is 0 Å². The predicted octanol–water partition coefficient (Wildman–Crippen LogP) is 1.68. The second-order valence-corrected chi connectivity index (χ2v) is 3.40. The van der Waals surface area contributed by atoms with Gasteiger partial charge in [-0.25, -0.2) is 0 Å². The van der Waals surface area contributed by atoms with E-state index >= 15 is 0 Å². The number of rotatable bonds is 5. The first kappa shape index (κ1) is 9.01. The van der Waals surface area contributed by atoms with Crippen LogP contribution in [0.4, 0.5) is 0 Å². The summed E-state index contributed by atoms with van der Waals surface area (Å²) in [6.07, 6.45) is 5.96. The third-order valence-electron chi connectivity index (χ3n) is 2.43. The molecular weight excluding hydrogens is 136 g/mol. The first-order valence-electron chi connectivity index (χ1n) is 4.85. The smallest absolute Gasteiger partial charge is 0.0620 e. The topological polar surface area (TPSA) is 24.1 Å². The Hall–Kier alpha value is -0.0800. The summed E-state index contributed by atoms with van der Waals surface area (Å²) in [7, 11) is 0. The van der Waals surface area contributed by atoms with Crippen LogP contribution in [0.3, 0.4) is 0 Å². The van der Waals surface area contributed by atoms with Crippen molar-refractivity contribution in [3.63, 3.8) is 0 Å². The van der Waals surface area contributed by atoms with E-state index in [1.54, 1.807) is 0 Å². The molecule has 1 saturated heterocycles. The zero-order chi connectivity index (χ0) is 8.10. The third-order valence-corrected chi connectivity index (χ3v) is 2.43. The molecule has 0 aliphatic carbocycles. The van der Waals surface area contributed by atoms with E-state index in [9.17, 15) is 0 Å². The lowest BCUT2D eigenvalue weighted by atomic mass is 9.94. The molecule has 0 aromatic heterocycles. The van der Waals surface area contributed by atoms with E-state index in [2.05, 4.69) is 24.5 Å². The fourth-order valence-corrected chi connectivity index (χ4v) is 1.77. The first-order chi connectivity index (χ1) is 5.38. The molecule has 2 heteroatoms. The van der Waals surface area contributed by atoms with E-state index < -0.39 is 0 Å². The third kappa shape index (κ3) is 2.46. The molecule has 2 N–H and O–H groups in total. The summed E-state index contributed by atoms with van der Waals surface area (Å²) < 4.78 is 0. The maximum absolute atomic E-state index is 3.40. The van der Waals surface area contributed by atoms with Crippen molar-refractivity contribution in [3.8, 4) is 0 Å². The Labute approximate surface area is 69.8 Å². The highest BCUT2D eigenvalue weighted by atomic mass is 15.3. The molecule has 0 aromatic rings.